The SMILES string of the molecule is CN(C)c1cccc(-c2cc3n(c(=O)c2)C[C@@H]2CNC[C@H]3C2)c1. The lowest BCUT2D eigenvalue weighted by Crippen LogP contribution is -2.44. The molecule has 1 N–H and O–H groups in total. The van der Waals surface area contributed by atoms with Crippen LogP contribution in [0.2, 0.25) is 0 Å². The van der Waals surface area contributed by atoms with Crippen molar-refractivity contribution in [2.24, 2.45) is 5.92 Å². The molecular weight excluding hydrogens is 286 g/mol. The molecular formula is C19H23N3O. The maximum absolute atomic E-state index is 12.6. The first-order valence-electron chi connectivity index (χ1n) is 8.35. The second-order valence-corrected chi connectivity index (χ2v) is 7.02. The zero-order valence-corrected chi connectivity index (χ0v) is 13.7. The summed E-state index contributed by atoms with van der Waals surface area (Å²) in [5, 5.41) is 3.51. The van der Waals surface area contributed by atoms with Crippen molar-refractivity contribution >= 4 is 5.69 Å². The molecule has 120 valence electrons. The van der Waals surface area contributed by atoms with Crippen LogP contribution in [0.3, 0.4) is 0 Å². The van der Waals surface area contributed by atoms with Crippen LogP contribution in [-0.4, -0.2) is 31.8 Å². The quantitative estimate of drug-likeness (QED) is 0.925. The van der Waals surface area contributed by atoms with Gasteiger partial charge in [0.05, 0.1) is 0 Å². The Balaban J connectivity index is 1.81. The first-order chi connectivity index (χ1) is 11.1. The van der Waals surface area contributed by atoms with E-state index < -0.39 is 0 Å². The summed E-state index contributed by atoms with van der Waals surface area (Å²) < 4.78 is 2.00. The van der Waals surface area contributed by atoms with Crippen LogP contribution in [0.1, 0.15) is 18.0 Å². The second kappa shape index (κ2) is 5.53. The normalized spacial score (nSPS) is 22.5. The van der Waals surface area contributed by atoms with Crippen molar-refractivity contribution in [1.29, 1.82) is 0 Å². The lowest BCUT2D eigenvalue weighted by molar-refractivity contribution is 0.257. The van der Waals surface area contributed by atoms with Gasteiger partial charge in [-0.3, -0.25) is 4.79 Å². The topological polar surface area (TPSA) is 37.3 Å². The minimum atomic E-state index is 0.143. The maximum atomic E-state index is 12.6. The molecule has 23 heavy (non-hydrogen) atoms. The lowest BCUT2D eigenvalue weighted by Gasteiger charge is -2.37. The van der Waals surface area contributed by atoms with E-state index in [1.807, 2.05) is 18.7 Å². The molecule has 2 aliphatic rings. The van der Waals surface area contributed by atoms with Gasteiger partial charge >= 0.3 is 0 Å². The highest BCUT2D eigenvalue weighted by molar-refractivity contribution is 5.68. The average Bonchev–Trinajstić information content (AvgIpc) is 2.56. The zero-order valence-electron chi connectivity index (χ0n) is 13.7. The highest BCUT2D eigenvalue weighted by Gasteiger charge is 2.31. The fourth-order valence-corrected chi connectivity index (χ4v) is 3.93. The molecule has 0 saturated carbocycles. The molecule has 1 aromatic carbocycles. The van der Waals surface area contributed by atoms with Crippen LogP contribution in [0.25, 0.3) is 11.1 Å². The highest BCUT2D eigenvalue weighted by Crippen LogP contribution is 2.34. The van der Waals surface area contributed by atoms with Gasteiger partial charge in [0.25, 0.3) is 5.56 Å². The molecule has 0 unspecified atom stereocenters. The Kier molecular flexibility index (Phi) is 3.49. The van der Waals surface area contributed by atoms with E-state index >= 15 is 0 Å². The summed E-state index contributed by atoms with van der Waals surface area (Å²) in [6, 6.07) is 12.4. The smallest absolute Gasteiger partial charge is 0.251 e. The number of nitrogens with zero attached hydrogens (tertiary/aromatic N) is 2. The van der Waals surface area contributed by atoms with E-state index in [9.17, 15) is 4.79 Å². The number of rotatable bonds is 2. The van der Waals surface area contributed by atoms with E-state index in [0.717, 1.165) is 36.4 Å². The lowest BCUT2D eigenvalue weighted by atomic mass is 9.83. The zero-order chi connectivity index (χ0) is 16.0. The molecule has 2 aliphatic heterocycles. The van der Waals surface area contributed by atoms with Crippen molar-refractivity contribution in [2.45, 2.75) is 18.9 Å². The molecule has 2 bridgehead atoms. The van der Waals surface area contributed by atoms with Gasteiger partial charge in [-0.05, 0) is 48.2 Å². The van der Waals surface area contributed by atoms with Gasteiger partial charge in [0.15, 0.2) is 0 Å². The molecule has 3 heterocycles. The van der Waals surface area contributed by atoms with Crippen molar-refractivity contribution < 1.29 is 0 Å². The molecule has 2 atom stereocenters. The Hall–Kier alpha value is -2.07. The number of hydrogen-bond acceptors (Lipinski definition) is 3. The Labute approximate surface area is 136 Å². The second-order valence-electron chi connectivity index (χ2n) is 7.02. The first kappa shape index (κ1) is 14.5. The molecule has 2 aromatic rings. The minimum absolute atomic E-state index is 0.143. The van der Waals surface area contributed by atoms with Gasteiger partial charge in [0, 0.05) is 50.6 Å². The van der Waals surface area contributed by atoms with Crippen LogP contribution in [0.4, 0.5) is 5.69 Å². The number of pyridine rings is 1. The highest BCUT2D eigenvalue weighted by atomic mass is 16.1. The van der Waals surface area contributed by atoms with Crippen LogP contribution in [-0.2, 0) is 6.54 Å². The molecule has 4 rings (SSSR count). The van der Waals surface area contributed by atoms with Gasteiger partial charge < -0.3 is 14.8 Å². The van der Waals surface area contributed by atoms with Crippen LogP contribution < -0.4 is 15.8 Å². The van der Waals surface area contributed by atoms with E-state index in [2.05, 4.69) is 40.5 Å². The third-order valence-electron chi connectivity index (χ3n) is 5.16. The largest absolute Gasteiger partial charge is 0.378 e. The standard InChI is InChI=1S/C19H23N3O/c1-21(2)17-5-3-4-14(7-17)15-8-18-16-6-13(10-20-11-16)12-22(18)19(23)9-15/h3-5,7-9,13,16,20H,6,10-12H2,1-2H3/t13-,16+/m0/s1. The molecule has 0 radical (unpaired) electrons. The molecule has 4 nitrogen and oxygen atoms in total. The molecule has 0 aliphatic carbocycles. The van der Waals surface area contributed by atoms with Crippen molar-refractivity contribution in [3.05, 3.63) is 52.4 Å². The summed E-state index contributed by atoms with van der Waals surface area (Å²) in [7, 11) is 4.07. The van der Waals surface area contributed by atoms with E-state index in [-0.39, 0.29) is 5.56 Å². The first-order valence-corrected chi connectivity index (χ1v) is 8.35. The Morgan fingerprint density at radius 3 is 2.83 bits per heavy atom. The number of anilines is 1. The van der Waals surface area contributed by atoms with Gasteiger partial charge in [-0.15, -0.1) is 0 Å². The average molecular weight is 309 g/mol. The fourth-order valence-electron chi connectivity index (χ4n) is 3.93. The third-order valence-corrected chi connectivity index (χ3v) is 5.16. The Morgan fingerprint density at radius 1 is 1.13 bits per heavy atom. The minimum Gasteiger partial charge on any atom is -0.378 e. The van der Waals surface area contributed by atoms with Crippen LogP contribution in [0.15, 0.2) is 41.2 Å². The Bertz CT molecular complexity index is 793. The number of piperidine rings is 1. The number of benzene rings is 1. The molecule has 0 spiro atoms. The predicted molar refractivity (Wildman–Crippen MR) is 94.2 cm³/mol. The number of fused-ring (bicyclic) bond motifs is 4. The summed E-state index contributed by atoms with van der Waals surface area (Å²) in [5.74, 6) is 1.06. The van der Waals surface area contributed by atoms with E-state index in [0.29, 0.717) is 11.8 Å². The van der Waals surface area contributed by atoms with Crippen molar-refractivity contribution in [3.63, 3.8) is 0 Å². The van der Waals surface area contributed by atoms with Crippen LogP contribution >= 0.6 is 0 Å². The van der Waals surface area contributed by atoms with Crippen LogP contribution in [0, 0.1) is 5.92 Å². The van der Waals surface area contributed by atoms with Crippen molar-refractivity contribution in [2.75, 3.05) is 32.1 Å². The van der Waals surface area contributed by atoms with Gasteiger partial charge in [-0.1, -0.05) is 12.1 Å². The maximum Gasteiger partial charge on any atom is 0.251 e. The number of aromatic nitrogens is 1. The van der Waals surface area contributed by atoms with Gasteiger partial charge in [-0.2, -0.15) is 0 Å². The third kappa shape index (κ3) is 2.57. The molecule has 1 saturated heterocycles. The molecule has 4 heteroatoms. The van der Waals surface area contributed by atoms with E-state index in [1.54, 1.807) is 6.07 Å². The molecule has 1 fully saturated rings. The predicted octanol–water partition coefficient (Wildman–Crippen LogP) is 2.29. The van der Waals surface area contributed by atoms with Crippen molar-refractivity contribution in [1.82, 2.24) is 9.88 Å². The van der Waals surface area contributed by atoms with E-state index in [1.165, 1.54) is 12.1 Å². The van der Waals surface area contributed by atoms with Gasteiger partial charge in [0.2, 0.25) is 0 Å². The number of nitrogens with one attached hydrogen (secondary N) is 1. The molecule has 0 amide bonds. The summed E-state index contributed by atoms with van der Waals surface area (Å²) in [6.07, 6.45) is 1.20. The Morgan fingerprint density at radius 2 is 2.00 bits per heavy atom. The van der Waals surface area contributed by atoms with Gasteiger partial charge in [0.1, 0.15) is 0 Å². The number of hydrogen-bond donors (Lipinski definition) is 1. The summed E-state index contributed by atoms with van der Waals surface area (Å²) >= 11 is 0. The summed E-state index contributed by atoms with van der Waals surface area (Å²) in [6.45, 7) is 2.88. The van der Waals surface area contributed by atoms with Crippen LogP contribution in [0.5, 0.6) is 0 Å². The summed E-state index contributed by atoms with van der Waals surface area (Å²) in [4.78, 5) is 14.7. The van der Waals surface area contributed by atoms with E-state index in [4.69, 9.17) is 0 Å². The molecule has 1 aromatic heterocycles. The van der Waals surface area contributed by atoms with Gasteiger partial charge in [-0.25, -0.2) is 0 Å². The monoisotopic (exact) mass is 309 g/mol. The summed E-state index contributed by atoms with van der Waals surface area (Å²) in [5.41, 5.74) is 4.65. The fraction of sp³-hybridized carbons (Fsp3) is 0.421. The van der Waals surface area contributed by atoms with Crippen molar-refractivity contribution in [3.8, 4) is 11.1 Å².